The lowest BCUT2D eigenvalue weighted by Crippen LogP contribution is -2.44. The molecule has 0 saturated carbocycles. The van der Waals surface area contributed by atoms with Crippen molar-refractivity contribution in [1.29, 1.82) is 0 Å². The lowest BCUT2D eigenvalue weighted by atomic mass is 9.86. The molecule has 0 radical (unpaired) electrons. The summed E-state index contributed by atoms with van der Waals surface area (Å²) in [6.45, 7) is 4.28. The van der Waals surface area contributed by atoms with Crippen molar-refractivity contribution < 1.29 is 28.8 Å². The third-order valence-electron chi connectivity index (χ3n) is 7.62. The Hall–Kier alpha value is -4.37. The molecule has 3 aliphatic heterocycles. The minimum absolute atomic E-state index is 0.0143. The van der Waals surface area contributed by atoms with E-state index in [9.17, 15) is 14.7 Å². The van der Waals surface area contributed by atoms with Gasteiger partial charge in [0.1, 0.15) is 23.9 Å². The smallest absolute Gasteiger partial charge is 0.343 e. The third-order valence-corrected chi connectivity index (χ3v) is 7.62. The zero-order valence-electron chi connectivity index (χ0n) is 20.9. The number of aromatic nitrogens is 2. The highest BCUT2D eigenvalue weighted by molar-refractivity contribution is 6.00. The predicted molar refractivity (Wildman–Crippen MR) is 137 cm³/mol. The van der Waals surface area contributed by atoms with Crippen LogP contribution in [0.5, 0.6) is 17.2 Å². The molecule has 0 bridgehead atoms. The summed E-state index contributed by atoms with van der Waals surface area (Å²) in [6.07, 6.45) is 0.0854. The number of ether oxygens (including phenoxy) is 4. The Balaban J connectivity index is 1.44. The van der Waals surface area contributed by atoms with E-state index in [-0.39, 0.29) is 43.1 Å². The minimum Gasteiger partial charge on any atom is -0.494 e. The average Bonchev–Trinajstić information content (AvgIpc) is 3.31. The van der Waals surface area contributed by atoms with Gasteiger partial charge in [-0.25, -0.2) is 9.78 Å². The van der Waals surface area contributed by atoms with Gasteiger partial charge >= 0.3 is 5.97 Å². The Labute approximate surface area is 217 Å². The van der Waals surface area contributed by atoms with Gasteiger partial charge < -0.3 is 28.6 Å². The van der Waals surface area contributed by atoms with Gasteiger partial charge in [-0.3, -0.25) is 4.79 Å². The molecule has 0 saturated heterocycles. The number of cyclic esters (lactones) is 1. The fourth-order valence-electron chi connectivity index (χ4n) is 5.70. The molecule has 4 aromatic rings. The molecule has 9 heteroatoms. The van der Waals surface area contributed by atoms with E-state index in [1.807, 2.05) is 43.3 Å². The topological polar surface area (TPSA) is 109 Å². The third kappa shape index (κ3) is 2.99. The number of aliphatic hydroxyl groups is 1. The summed E-state index contributed by atoms with van der Waals surface area (Å²) < 4.78 is 24.5. The van der Waals surface area contributed by atoms with Crippen LogP contribution in [0.2, 0.25) is 0 Å². The summed E-state index contributed by atoms with van der Waals surface area (Å²) in [5.41, 5.74) is 2.74. The molecule has 2 aromatic heterocycles. The van der Waals surface area contributed by atoms with Crippen LogP contribution in [0.3, 0.4) is 0 Å². The van der Waals surface area contributed by atoms with Crippen LogP contribution >= 0.6 is 0 Å². The summed E-state index contributed by atoms with van der Waals surface area (Å²) in [7, 11) is 0. The summed E-state index contributed by atoms with van der Waals surface area (Å²) in [5, 5.41) is 11.9. The second kappa shape index (κ2) is 8.06. The molecule has 0 fully saturated rings. The van der Waals surface area contributed by atoms with E-state index in [0.717, 1.165) is 27.8 Å². The summed E-state index contributed by atoms with van der Waals surface area (Å²) in [4.78, 5) is 30.9. The molecule has 5 heterocycles. The quantitative estimate of drug-likeness (QED) is 0.362. The van der Waals surface area contributed by atoms with E-state index in [1.165, 1.54) is 0 Å². The number of benzene rings is 2. The normalized spacial score (nSPS) is 18.7. The van der Waals surface area contributed by atoms with E-state index in [0.29, 0.717) is 35.0 Å². The SMILES string of the molecule is CCOc1cccc(-c2ccc3nc4c(c5c3c2OCO5)Cn2c-4cc3c(c2=O)COC(=O)[C@]3(O)CC)c1. The highest BCUT2D eigenvalue weighted by atomic mass is 16.7. The number of rotatable bonds is 4. The molecule has 192 valence electrons. The fraction of sp³-hybridized carbons (Fsp3) is 0.276. The maximum atomic E-state index is 13.5. The van der Waals surface area contributed by atoms with Gasteiger partial charge in [-0.2, -0.15) is 0 Å². The first-order valence-corrected chi connectivity index (χ1v) is 12.6. The molecule has 0 unspecified atom stereocenters. The summed E-state index contributed by atoms with van der Waals surface area (Å²) >= 11 is 0. The number of hydrogen-bond acceptors (Lipinski definition) is 8. The molecule has 0 aliphatic carbocycles. The van der Waals surface area contributed by atoms with Crippen LogP contribution < -0.4 is 19.8 Å². The average molecular weight is 513 g/mol. The van der Waals surface area contributed by atoms with E-state index in [4.69, 9.17) is 23.9 Å². The maximum absolute atomic E-state index is 13.5. The number of carbonyl (C=O) groups is 1. The van der Waals surface area contributed by atoms with Crippen LogP contribution in [0.15, 0.2) is 47.3 Å². The van der Waals surface area contributed by atoms with Crippen molar-refractivity contribution in [2.24, 2.45) is 0 Å². The van der Waals surface area contributed by atoms with Gasteiger partial charge in [0.25, 0.3) is 5.56 Å². The highest BCUT2D eigenvalue weighted by Gasteiger charge is 2.45. The lowest BCUT2D eigenvalue weighted by Gasteiger charge is -2.31. The summed E-state index contributed by atoms with van der Waals surface area (Å²) in [5.74, 6) is 1.30. The summed E-state index contributed by atoms with van der Waals surface area (Å²) in [6, 6.07) is 13.4. The Morgan fingerprint density at radius 1 is 1.05 bits per heavy atom. The Bertz CT molecular complexity index is 1740. The van der Waals surface area contributed by atoms with Crippen molar-refractivity contribution in [3.05, 3.63) is 69.5 Å². The van der Waals surface area contributed by atoms with Gasteiger partial charge in [0.05, 0.1) is 41.0 Å². The lowest BCUT2D eigenvalue weighted by molar-refractivity contribution is -0.172. The van der Waals surface area contributed by atoms with E-state index in [2.05, 4.69) is 0 Å². The van der Waals surface area contributed by atoms with Crippen LogP contribution in [-0.4, -0.2) is 34.0 Å². The molecule has 0 amide bonds. The van der Waals surface area contributed by atoms with Crippen molar-refractivity contribution in [3.63, 3.8) is 0 Å². The molecule has 1 N–H and O–H groups in total. The maximum Gasteiger partial charge on any atom is 0.343 e. The standard InChI is InChI=1S/C29H24N2O7/c1-3-29(34)20-11-22-24-18(12-31(22)27(32)19(20)13-36-28(29)33)26-23-21(30-24)9-8-17(25(23)37-14-38-26)15-6-5-7-16(10-15)35-4-2/h5-11,34H,3-4,12-14H2,1-2H3/t29-/m0/s1. The second-order valence-corrected chi connectivity index (χ2v) is 9.57. The number of hydrogen-bond donors (Lipinski definition) is 1. The highest BCUT2D eigenvalue weighted by Crippen LogP contribution is 2.49. The molecule has 38 heavy (non-hydrogen) atoms. The van der Waals surface area contributed by atoms with Crippen LogP contribution in [0, 0.1) is 0 Å². The van der Waals surface area contributed by atoms with Crippen molar-refractivity contribution in [2.75, 3.05) is 13.4 Å². The van der Waals surface area contributed by atoms with Gasteiger partial charge in [-0.1, -0.05) is 19.1 Å². The zero-order valence-corrected chi connectivity index (χ0v) is 20.9. The number of fused-ring (bicyclic) bond motifs is 5. The largest absolute Gasteiger partial charge is 0.494 e. The van der Waals surface area contributed by atoms with Crippen molar-refractivity contribution in [2.45, 2.75) is 39.0 Å². The molecule has 9 nitrogen and oxygen atoms in total. The second-order valence-electron chi connectivity index (χ2n) is 9.57. The molecule has 0 spiro atoms. The van der Waals surface area contributed by atoms with Gasteiger partial charge in [0.2, 0.25) is 6.79 Å². The number of nitrogens with zero attached hydrogens (tertiary/aromatic N) is 2. The van der Waals surface area contributed by atoms with E-state index < -0.39 is 11.6 Å². The van der Waals surface area contributed by atoms with Crippen molar-refractivity contribution in [1.82, 2.24) is 9.55 Å². The van der Waals surface area contributed by atoms with E-state index in [1.54, 1.807) is 17.6 Å². The first-order chi connectivity index (χ1) is 18.4. The molecule has 2 aromatic carbocycles. The van der Waals surface area contributed by atoms with Gasteiger partial charge in [-0.05, 0) is 49.2 Å². The Morgan fingerprint density at radius 2 is 1.89 bits per heavy atom. The van der Waals surface area contributed by atoms with Crippen LogP contribution in [0.4, 0.5) is 0 Å². The molecule has 7 rings (SSSR count). The van der Waals surface area contributed by atoms with Gasteiger partial charge in [-0.15, -0.1) is 0 Å². The monoisotopic (exact) mass is 512 g/mol. The Kier molecular flexibility index (Phi) is 4.84. The first-order valence-electron chi connectivity index (χ1n) is 12.6. The van der Waals surface area contributed by atoms with Crippen molar-refractivity contribution in [3.8, 4) is 39.8 Å². The molecule has 1 atom stereocenters. The molecule has 3 aliphatic rings. The first kappa shape index (κ1) is 22.8. The van der Waals surface area contributed by atoms with Gasteiger partial charge in [0, 0.05) is 16.7 Å². The van der Waals surface area contributed by atoms with Crippen LogP contribution in [-0.2, 0) is 28.3 Å². The van der Waals surface area contributed by atoms with Gasteiger partial charge in [0.15, 0.2) is 5.60 Å². The Morgan fingerprint density at radius 3 is 2.71 bits per heavy atom. The van der Waals surface area contributed by atoms with E-state index >= 15 is 0 Å². The molecular formula is C29H24N2O7. The van der Waals surface area contributed by atoms with Crippen LogP contribution in [0.1, 0.15) is 37.0 Å². The fourth-order valence-corrected chi connectivity index (χ4v) is 5.70. The molecular weight excluding hydrogens is 488 g/mol. The van der Waals surface area contributed by atoms with Crippen LogP contribution in [0.25, 0.3) is 33.4 Å². The number of carbonyl (C=O) groups excluding carboxylic acids is 1. The zero-order chi connectivity index (χ0) is 26.2. The minimum atomic E-state index is -1.88. The number of esters is 1. The predicted octanol–water partition coefficient (Wildman–Crippen LogP) is 3.87. The van der Waals surface area contributed by atoms with Crippen molar-refractivity contribution >= 4 is 16.9 Å². The number of pyridine rings is 2.